The minimum absolute atomic E-state index is 0.737. The van der Waals surface area contributed by atoms with Crippen LogP contribution in [0.4, 0.5) is 0 Å². The van der Waals surface area contributed by atoms with Gasteiger partial charge in [0.1, 0.15) is 0 Å². The largest absolute Gasteiger partial charge is 0.272 e. The van der Waals surface area contributed by atoms with E-state index in [1.165, 1.54) is 70.9 Å². The average Bonchev–Trinajstić information content (AvgIpc) is 2.40. The molecule has 0 aromatic rings. The molecule has 98 valence electrons. The van der Waals surface area contributed by atoms with Crippen molar-refractivity contribution in [2.24, 2.45) is 0 Å². The van der Waals surface area contributed by atoms with E-state index in [1.54, 1.807) is 0 Å². The summed E-state index contributed by atoms with van der Waals surface area (Å²) in [7, 11) is 0. The Morgan fingerprint density at radius 2 is 1.06 bits per heavy atom. The van der Waals surface area contributed by atoms with Crippen LogP contribution in [0.25, 0.3) is 0 Å². The van der Waals surface area contributed by atoms with Gasteiger partial charge in [-0.1, -0.05) is 38.5 Å². The average molecular weight is 236 g/mol. The maximum Gasteiger partial charge on any atom is 0.0621 e. The molecule has 1 saturated heterocycles. The maximum absolute atomic E-state index is 2.77. The molecule has 2 heteroatoms. The first-order valence-corrected chi connectivity index (χ1v) is 7.88. The Morgan fingerprint density at radius 3 is 1.41 bits per heavy atom. The fraction of sp³-hybridized carbons (Fsp3) is 1.00. The summed E-state index contributed by atoms with van der Waals surface area (Å²) in [4.78, 5) is 5.54. The van der Waals surface area contributed by atoms with Crippen molar-refractivity contribution in [3.05, 3.63) is 0 Å². The molecule has 1 aliphatic heterocycles. The lowest BCUT2D eigenvalue weighted by Crippen LogP contribution is -2.68. The predicted molar refractivity (Wildman–Crippen MR) is 71.8 cm³/mol. The van der Waals surface area contributed by atoms with Gasteiger partial charge < -0.3 is 0 Å². The van der Waals surface area contributed by atoms with Crippen LogP contribution in [0.1, 0.15) is 71.1 Å². The molecule has 0 amide bonds. The summed E-state index contributed by atoms with van der Waals surface area (Å²) in [5.74, 6) is 0. The van der Waals surface area contributed by atoms with E-state index < -0.39 is 0 Å². The van der Waals surface area contributed by atoms with Crippen LogP contribution in [0, 0.1) is 0 Å². The van der Waals surface area contributed by atoms with Crippen LogP contribution in [0.2, 0.25) is 0 Å². The number of hydrogen-bond donors (Lipinski definition) is 0. The smallest absolute Gasteiger partial charge is 0.0621 e. The molecule has 0 aromatic carbocycles. The Labute approximate surface area is 106 Å². The fourth-order valence-electron chi connectivity index (χ4n) is 4.19. The van der Waals surface area contributed by atoms with Crippen LogP contribution in [-0.2, 0) is 0 Å². The first-order chi connectivity index (χ1) is 8.36. The van der Waals surface area contributed by atoms with Gasteiger partial charge in [0, 0.05) is 12.1 Å². The first kappa shape index (κ1) is 12.0. The van der Waals surface area contributed by atoms with E-state index in [1.807, 2.05) is 0 Å². The van der Waals surface area contributed by atoms with Gasteiger partial charge in [-0.15, -0.1) is 0 Å². The molecular formula is C15H28N2. The summed E-state index contributed by atoms with van der Waals surface area (Å²) in [6.45, 7) is 3.71. The van der Waals surface area contributed by atoms with Gasteiger partial charge in [0.05, 0.1) is 12.8 Å². The van der Waals surface area contributed by atoms with E-state index in [-0.39, 0.29) is 0 Å². The number of nitrogens with zero attached hydrogens (tertiary/aromatic N) is 2. The van der Waals surface area contributed by atoms with Crippen molar-refractivity contribution < 1.29 is 0 Å². The van der Waals surface area contributed by atoms with E-state index in [2.05, 4.69) is 16.7 Å². The van der Waals surface area contributed by atoms with Crippen molar-refractivity contribution in [2.45, 2.75) is 89.4 Å². The molecule has 0 N–H and O–H groups in total. The molecular weight excluding hydrogens is 208 g/mol. The highest BCUT2D eigenvalue weighted by molar-refractivity contribution is 4.91. The monoisotopic (exact) mass is 236 g/mol. The Morgan fingerprint density at radius 1 is 0.647 bits per heavy atom. The van der Waals surface area contributed by atoms with Crippen molar-refractivity contribution in [2.75, 3.05) is 6.67 Å². The number of rotatable bonds is 2. The topological polar surface area (TPSA) is 6.48 Å². The molecule has 0 aromatic heterocycles. The minimum Gasteiger partial charge on any atom is -0.272 e. The van der Waals surface area contributed by atoms with Gasteiger partial charge in [-0.25, -0.2) is 0 Å². The van der Waals surface area contributed by atoms with Gasteiger partial charge in [-0.2, -0.15) is 0 Å². The second-order valence-corrected chi connectivity index (χ2v) is 6.39. The summed E-state index contributed by atoms with van der Waals surface area (Å²) >= 11 is 0. The quantitative estimate of drug-likeness (QED) is 0.723. The molecule has 1 heterocycles. The van der Waals surface area contributed by atoms with Gasteiger partial charge in [0.25, 0.3) is 0 Å². The van der Waals surface area contributed by atoms with Crippen LogP contribution in [0.15, 0.2) is 0 Å². The Hall–Kier alpha value is -0.0800. The zero-order valence-electron chi connectivity index (χ0n) is 11.4. The fourth-order valence-corrected chi connectivity index (χ4v) is 4.19. The van der Waals surface area contributed by atoms with Crippen LogP contribution in [0.3, 0.4) is 0 Å². The second kappa shape index (κ2) is 5.27. The van der Waals surface area contributed by atoms with Gasteiger partial charge in [-0.3, -0.25) is 9.80 Å². The summed E-state index contributed by atoms with van der Waals surface area (Å²) < 4.78 is 0. The van der Waals surface area contributed by atoms with Crippen molar-refractivity contribution in [1.82, 2.24) is 9.80 Å². The van der Waals surface area contributed by atoms with E-state index in [0.717, 1.165) is 18.2 Å². The summed E-state index contributed by atoms with van der Waals surface area (Å²) in [5, 5.41) is 0. The third-order valence-electron chi connectivity index (χ3n) is 5.37. The van der Waals surface area contributed by atoms with Crippen LogP contribution in [-0.4, -0.2) is 34.7 Å². The molecule has 2 aliphatic carbocycles. The molecule has 2 saturated carbocycles. The van der Waals surface area contributed by atoms with E-state index in [9.17, 15) is 0 Å². The predicted octanol–water partition coefficient (Wildman–Crippen LogP) is 3.57. The lowest BCUT2D eigenvalue weighted by molar-refractivity contribution is -0.155. The molecule has 0 radical (unpaired) electrons. The lowest BCUT2D eigenvalue weighted by atomic mass is 9.90. The second-order valence-electron chi connectivity index (χ2n) is 6.39. The molecule has 17 heavy (non-hydrogen) atoms. The SMILES string of the molecule is CC1N(C2CCCCC2)CN1C1CCCCC1. The van der Waals surface area contributed by atoms with Gasteiger partial charge in [0.2, 0.25) is 0 Å². The number of hydrogen-bond acceptors (Lipinski definition) is 2. The van der Waals surface area contributed by atoms with Crippen LogP contribution < -0.4 is 0 Å². The molecule has 2 nitrogen and oxygen atoms in total. The summed E-state index contributed by atoms with van der Waals surface area (Å²) in [6, 6.07) is 1.83. The Bertz CT molecular complexity index is 217. The standard InChI is InChI=1S/C15H28N2/c1-13-16(14-8-4-2-5-9-14)12-17(13)15-10-6-3-7-11-15/h13-15H,2-12H2,1H3. The molecule has 0 unspecified atom stereocenters. The molecule has 3 aliphatic rings. The molecule has 3 fully saturated rings. The highest BCUT2D eigenvalue weighted by atomic mass is 15.5. The summed E-state index contributed by atoms with van der Waals surface area (Å²) in [6.07, 6.45) is 15.4. The van der Waals surface area contributed by atoms with Gasteiger partial charge >= 0.3 is 0 Å². The normalized spacial score (nSPS) is 31.6. The van der Waals surface area contributed by atoms with Gasteiger partial charge in [0.15, 0.2) is 0 Å². The molecule has 0 spiro atoms. The van der Waals surface area contributed by atoms with Crippen molar-refractivity contribution in [3.8, 4) is 0 Å². The molecule has 0 bridgehead atoms. The van der Waals surface area contributed by atoms with Crippen LogP contribution in [0.5, 0.6) is 0 Å². The van der Waals surface area contributed by atoms with Crippen molar-refractivity contribution in [3.63, 3.8) is 0 Å². The van der Waals surface area contributed by atoms with E-state index in [0.29, 0.717) is 0 Å². The van der Waals surface area contributed by atoms with Gasteiger partial charge in [-0.05, 0) is 32.6 Å². The zero-order valence-corrected chi connectivity index (χ0v) is 11.4. The Kier molecular flexibility index (Phi) is 3.72. The highest BCUT2D eigenvalue weighted by Crippen LogP contribution is 2.34. The zero-order chi connectivity index (χ0) is 11.7. The Balaban J connectivity index is 1.51. The third kappa shape index (κ3) is 2.39. The van der Waals surface area contributed by atoms with Crippen molar-refractivity contribution in [1.29, 1.82) is 0 Å². The van der Waals surface area contributed by atoms with E-state index >= 15 is 0 Å². The van der Waals surface area contributed by atoms with E-state index in [4.69, 9.17) is 0 Å². The molecule has 0 atom stereocenters. The highest BCUT2D eigenvalue weighted by Gasteiger charge is 2.41. The minimum atomic E-state index is 0.737. The summed E-state index contributed by atoms with van der Waals surface area (Å²) in [5.41, 5.74) is 0. The third-order valence-corrected chi connectivity index (χ3v) is 5.37. The molecule has 3 rings (SSSR count). The van der Waals surface area contributed by atoms with Crippen LogP contribution >= 0.6 is 0 Å². The maximum atomic E-state index is 2.77. The van der Waals surface area contributed by atoms with Crippen molar-refractivity contribution >= 4 is 0 Å². The lowest BCUT2D eigenvalue weighted by Gasteiger charge is -2.57. The first-order valence-electron chi connectivity index (χ1n) is 7.88.